The second-order valence-electron chi connectivity index (χ2n) is 7.25. The van der Waals surface area contributed by atoms with Gasteiger partial charge in [-0.1, -0.05) is 11.6 Å². The lowest BCUT2D eigenvalue weighted by Gasteiger charge is -2.10. The van der Waals surface area contributed by atoms with Crippen molar-refractivity contribution in [1.82, 2.24) is 19.7 Å². The molecule has 1 N–H and O–H groups in total. The first-order valence-electron chi connectivity index (χ1n) is 9.13. The van der Waals surface area contributed by atoms with E-state index in [-0.39, 0.29) is 18.0 Å². The SMILES string of the molecule is Cc1cnc(NC(=O)Oc2ccc(Cl)cc2)nc1-c1cnn(CC2(CF)CC2)c1. The van der Waals surface area contributed by atoms with E-state index in [9.17, 15) is 9.18 Å². The highest BCUT2D eigenvalue weighted by molar-refractivity contribution is 6.30. The Morgan fingerprint density at radius 2 is 2.07 bits per heavy atom. The Bertz CT molecular complexity index is 1030. The normalized spacial score (nSPS) is 14.4. The first-order valence-corrected chi connectivity index (χ1v) is 9.51. The maximum Gasteiger partial charge on any atom is 0.419 e. The predicted molar refractivity (Wildman–Crippen MR) is 107 cm³/mol. The van der Waals surface area contributed by atoms with Crippen LogP contribution < -0.4 is 10.1 Å². The third-order valence-corrected chi connectivity index (χ3v) is 5.11. The zero-order valence-electron chi connectivity index (χ0n) is 15.7. The fourth-order valence-electron chi connectivity index (χ4n) is 2.95. The van der Waals surface area contributed by atoms with Crippen molar-refractivity contribution in [3.8, 4) is 17.0 Å². The maximum atomic E-state index is 13.1. The zero-order chi connectivity index (χ0) is 20.4. The lowest BCUT2D eigenvalue weighted by molar-refractivity contribution is 0.215. The number of halogens is 2. The van der Waals surface area contributed by atoms with Gasteiger partial charge in [-0.15, -0.1) is 0 Å². The number of alkyl halides is 1. The molecule has 0 bridgehead atoms. The molecule has 0 unspecified atom stereocenters. The van der Waals surface area contributed by atoms with Gasteiger partial charge >= 0.3 is 6.09 Å². The van der Waals surface area contributed by atoms with Gasteiger partial charge in [-0.05, 0) is 49.6 Å². The van der Waals surface area contributed by atoms with Gasteiger partial charge in [-0.2, -0.15) is 5.10 Å². The third-order valence-electron chi connectivity index (χ3n) is 4.85. The van der Waals surface area contributed by atoms with Gasteiger partial charge in [-0.3, -0.25) is 14.4 Å². The zero-order valence-corrected chi connectivity index (χ0v) is 16.5. The summed E-state index contributed by atoms with van der Waals surface area (Å²) in [6.07, 6.45) is 6.18. The first-order chi connectivity index (χ1) is 14.0. The molecule has 1 fully saturated rings. The molecule has 1 aliphatic rings. The van der Waals surface area contributed by atoms with Crippen molar-refractivity contribution in [2.75, 3.05) is 12.0 Å². The van der Waals surface area contributed by atoms with Crippen LogP contribution in [0.3, 0.4) is 0 Å². The average molecular weight is 416 g/mol. The van der Waals surface area contributed by atoms with Crippen molar-refractivity contribution >= 4 is 23.6 Å². The molecule has 0 radical (unpaired) electrons. The van der Waals surface area contributed by atoms with Crippen molar-refractivity contribution in [1.29, 1.82) is 0 Å². The summed E-state index contributed by atoms with van der Waals surface area (Å²) in [5.74, 6) is 0.460. The fourth-order valence-corrected chi connectivity index (χ4v) is 3.07. The number of rotatable bonds is 6. The number of nitrogens with zero attached hydrogens (tertiary/aromatic N) is 4. The Morgan fingerprint density at radius 1 is 1.31 bits per heavy atom. The topological polar surface area (TPSA) is 81.9 Å². The molecule has 7 nitrogen and oxygen atoms in total. The highest BCUT2D eigenvalue weighted by Crippen LogP contribution is 2.47. The van der Waals surface area contributed by atoms with E-state index < -0.39 is 6.09 Å². The lowest BCUT2D eigenvalue weighted by Crippen LogP contribution is -2.18. The van der Waals surface area contributed by atoms with Crippen LogP contribution in [0.2, 0.25) is 5.02 Å². The summed E-state index contributed by atoms with van der Waals surface area (Å²) >= 11 is 5.82. The van der Waals surface area contributed by atoms with Gasteiger partial charge in [0.15, 0.2) is 0 Å². The number of ether oxygens (including phenoxy) is 1. The summed E-state index contributed by atoms with van der Waals surface area (Å²) in [7, 11) is 0. The van der Waals surface area contributed by atoms with Gasteiger partial charge in [0, 0.05) is 34.9 Å². The predicted octanol–water partition coefficient (Wildman–Crippen LogP) is 4.66. The molecule has 1 aromatic carbocycles. The van der Waals surface area contributed by atoms with E-state index in [0.29, 0.717) is 23.0 Å². The quantitative estimate of drug-likeness (QED) is 0.633. The minimum atomic E-state index is -0.712. The summed E-state index contributed by atoms with van der Waals surface area (Å²) in [4.78, 5) is 20.6. The highest BCUT2D eigenvalue weighted by Gasteiger charge is 2.43. The monoisotopic (exact) mass is 415 g/mol. The maximum absolute atomic E-state index is 13.1. The fraction of sp³-hybridized carbons (Fsp3) is 0.300. The van der Waals surface area contributed by atoms with Gasteiger partial charge in [0.05, 0.1) is 18.6 Å². The molecule has 0 aliphatic heterocycles. The van der Waals surface area contributed by atoms with Gasteiger partial charge < -0.3 is 4.74 Å². The number of aryl methyl sites for hydroxylation is 1. The molecule has 1 aliphatic carbocycles. The van der Waals surface area contributed by atoms with Crippen LogP contribution in [-0.2, 0) is 6.54 Å². The third kappa shape index (κ3) is 4.54. The first kappa shape index (κ1) is 19.3. The van der Waals surface area contributed by atoms with Gasteiger partial charge in [0.1, 0.15) is 5.75 Å². The van der Waals surface area contributed by atoms with Crippen molar-refractivity contribution in [2.24, 2.45) is 5.41 Å². The number of amides is 1. The van der Waals surface area contributed by atoms with Crippen molar-refractivity contribution in [3.05, 3.63) is 53.4 Å². The van der Waals surface area contributed by atoms with E-state index in [1.807, 2.05) is 13.1 Å². The van der Waals surface area contributed by atoms with Gasteiger partial charge in [0.25, 0.3) is 0 Å². The smallest absolute Gasteiger partial charge is 0.410 e. The summed E-state index contributed by atoms with van der Waals surface area (Å²) in [6.45, 7) is 2.08. The van der Waals surface area contributed by atoms with Crippen LogP contribution in [0.1, 0.15) is 18.4 Å². The number of anilines is 1. The molecule has 3 aromatic rings. The summed E-state index contributed by atoms with van der Waals surface area (Å²) in [5, 5.41) is 7.39. The van der Waals surface area contributed by atoms with Crippen molar-refractivity contribution < 1.29 is 13.9 Å². The Kier molecular flexibility index (Phi) is 5.19. The molecule has 29 heavy (non-hydrogen) atoms. The van der Waals surface area contributed by atoms with E-state index in [4.69, 9.17) is 16.3 Å². The standard InChI is InChI=1S/C20H19ClFN5O2/c1-13-8-23-18(26-19(28)29-16-4-2-15(21)3-5-16)25-17(13)14-9-24-27(10-14)12-20(11-22)6-7-20/h2-5,8-10H,6-7,11-12H2,1H3,(H,23,25,26,28). The average Bonchev–Trinajstić information content (AvgIpc) is 3.33. The van der Waals surface area contributed by atoms with E-state index in [1.165, 1.54) is 0 Å². The van der Waals surface area contributed by atoms with Gasteiger partial charge in [-0.25, -0.2) is 14.8 Å². The molecule has 1 amide bonds. The Morgan fingerprint density at radius 3 is 2.76 bits per heavy atom. The van der Waals surface area contributed by atoms with E-state index >= 15 is 0 Å². The summed E-state index contributed by atoms with van der Waals surface area (Å²) in [6, 6.07) is 6.41. The second-order valence-corrected chi connectivity index (χ2v) is 7.69. The second kappa shape index (κ2) is 7.79. The molecule has 2 heterocycles. The number of carbonyl (C=O) groups excluding carboxylic acids is 1. The highest BCUT2D eigenvalue weighted by atomic mass is 35.5. The van der Waals surface area contributed by atoms with Crippen LogP contribution in [0.25, 0.3) is 11.3 Å². The molecular formula is C20H19ClFN5O2. The molecule has 0 spiro atoms. The Balaban J connectivity index is 1.47. The lowest BCUT2D eigenvalue weighted by atomic mass is 10.1. The van der Waals surface area contributed by atoms with E-state index in [0.717, 1.165) is 24.0 Å². The number of hydrogen-bond acceptors (Lipinski definition) is 5. The van der Waals surface area contributed by atoms with Crippen LogP contribution in [-0.4, -0.2) is 32.5 Å². The molecular weight excluding hydrogens is 397 g/mol. The number of carbonyl (C=O) groups is 1. The summed E-state index contributed by atoms with van der Waals surface area (Å²) in [5.41, 5.74) is 1.97. The minimum Gasteiger partial charge on any atom is -0.410 e. The number of aromatic nitrogens is 4. The van der Waals surface area contributed by atoms with Crippen molar-refractivity contribution in [3.63, 3.8) is 0 Å². The number of benzene rings is 1. The van der Waals surface area contributed by atoms with Crippen LogP contribution in [0.4, 0.5) is 15.1 Å². The Hall–Kier alpha value is -3.00. The minimum absolute atomic E-state index is 0.111. The molecule has 9 heteroatoms. The van der Waals surface area contributed by atoms with Gasteiger partial charge in [0.2, 0.25) is 5.95 Å². The molecule has 0 atom stereocenters. The van der Waals surface area contributed by atoms with Crippen LogP contribution in [0.5, 0.6) is 5.75 Å². The van der Waals surface area contributed by atoms with Crippen LogP contribution in [0, 0.1) is 12.3 Å². The molecule has 150 valence electrons. The van der Waals surface area contributed by atoms with E-state index in [1.54, 1.807) is 41.3 Å². The summed E-state index contributed by atoms with van der Waals surface area (Å²) < 4.78 is 20.1. The van der Waals surface area contributed by atoms with Crippen LogP contribution >= 0.6 is 11.6 Å². The number of hydrogen-bond donors (Lipinski definition) is 1. The molecule has 4 rings (SSSR count). The molecule has 0 saturated heterocycles. The van der Waals surface area contributed by atoms with E-state index in [2.05, 4.69) is 20.4 Å². The molecule has 1 saturated carbocycles. The van der Waals surface area contributed by atoms with Crippen molar-refractivity contribution in [2.45, 2.75) is 26.3 Å². The largest absolute Gasteiger partial charge is 0.419 e. The number of nitrogens with one attached hydrogen (secondary N) is 1. The molecule has 2 aromatic heterocycles. The van der Waals surface area contributed by atoms with Crippen LogP contribution in [0.15, 0.2) is 42.9 Å². The Labute approximate surface area is 171 Å².